The van der Waals surface area contributed by atoms with Crippen LogP contribution in [-0.2, 0) is 7.05 Å². The summed E-state index contributed by atoms with van der Waals surface area (Å²) in [6.07, 6.45) is 0.858. The van der Waals surface area contributed by atoms with Gasteiger partial charge < -0.3 is 12.9 Å². The molecule has 8 heteroatoms. The molecule has 3 nitrogen and oxygen atoms in total. The van der Waals surface area contributed by atoms with Crippen LogP contribution < -0.4 is 56.8 Å². The van der Waals surface area contributed by atoms with E-state index in [9.17, 15) is 12.9 Å². The van der Waals surface area contributed by atoms with E-state index in [1.807, 2.05) is 0 Å². The van der Waals surface area contributed by atoms with Crippen LogP contribution in [0.2, 0.25) is 0 Å². The first-order valence-electron chi connectivity index (χ1n) is 4.39. The van der Waals surface area contributed by atoms with Crippen molar-refractivity contribution in [3.05, 3.63) is 18.0 Å². The molecule has 0 unspecified atom stereocenters. The first-order chi connectivity index (χ1) is 6.89. The molecule has 2 heterocycles. The van der Waals surface area contributed by atoms with Gasteiger partial charge in [0, 0.05) is 13.2 Å². The van der Waals surface area contributed by atoms with Crippen LogP contribution in [0.25, 0.3) is 11.0 Å². The number of fused-ring (bicyclic) bond motifs is 1. The molecule has 0 saturated carbocycles. The van der Waals surface area contributed by atoms with E-state index in [0.29, 0.717) is 16.7 Å². The van der Waals surface area contributed by atoms with Crippen molar-refractivity contribution in [3.8, 4) is 0 Å². The van der Waals surface area contributed by atoms with Gasteiger partial charge in [-0.05, 0) is 6.92 Å². The number of aryl methyl sites for hydroxylation is 2. The molecule has 0 radical (unpaired) electrons. The monoisotopic (exact) mass is 253 g/mol. The zero-order chi connectivity index (χ0) is 11.2. The Kier molecular flexibility index (Phi) is 4.23. The van der Waals surface area contributed by atoms with E-state index in [1.54, 1.807) is 14.0 Å². The zero-order valence-electron chi connectivity index (χ0n) is 9.21. The third-order valence-electron chi connectivity index (χ3n) is 2.26. The Balaban J connectivity index is 0.00000128. The molecule has 0 aliphatic rings. The zero-order valence-corrected chi connectivity index (χ0v) is 12.3. The predicted octanol–water partition coefficient (Wildman–Crippen LogP) is -1.66. The number of nitrogens with zero attached hydrogens (tertiary/aromatic N) is 3. The van der Waals surface area contributed by atoms with Gasteiger partial charge in [0.05, 0.1) is 11.2 Å². The topological polar surface area (TPSA) is 30.7 Å². The number of rotatable bonds is 1. The Labute approximate surface area is 133 Å². The fourth-order valence-corrected chi connectivity index (χ4v) is 1.50. The van der Waals surface area contributed by atoms with Gasteiger partial charge >= 0.3 is 58.4 Å². The van der Waals surface area contributed by atoms with E-state index in [1.165, 1.54) is 4.68 Å². The molecule has 2 aromatic rings. The molecular weight excluding hydrogens is 245 g/mol. The Morgan fingerprint density at radius 2 is 1.94 bits per heavy atom. The summed E-state index contributed by atoms with van der Waals surface area (Å²) in [4.78, 5) is 3.78. The Morgan fingerprint density at radius 3 is 2.50 bits per heavy atom. The van der Waals surface area contributed by atoms with Crippen LogP contribution in [0.15, 0.2) is 12.3 Å². The van der Waals surface area contributed by atoms with Crippen LogP contribution in [0.3, 0.4) is 0 Å². The van der Waals surface area contributed by atoms with Gasteiger partial charge in [0.1, 0.15) is 5.52 Å². The van der Waals surface area contributed by atoms with E-state index in [0.717, 1.165) is 12.3 Å². The van der Waals surface area contributed by atoms with Crippen LogP contribution >= 0.6 is 0 Å². The third kappa shape index (κ3) is 2.51. The van der Waals surface area contributed by atoms with Crippen molar-refractivity contribution in [2.45, 2.75) is 6.92 Å². The number of aromatic nitrogens is 3. The Bertz CT molecular complexity index is 523. The first kappa shape index (κ1) is 14.2. The summed E-state index contributed by atoms with van der Waals surface area (Å²) < 4.78 is 38.7. The minimum absolute atomic E-state index is 0. The standard InChI is InChI=1S/C8H8BF3N3.K/c1-5-8-7(15(2)14-5)3-6(4-13-8)9(10,11)12;/h3-4H,1-2H3;/q-1;+1. The number of halogens is 3. The van der Waals surface area contributed by atoms with E-state index in [-0.39, 0.29) is 51.4 Å². The fraction of sp³-hybridized carbons (Fsp3) is 0.250. The van der Waals surface area contributed by atoms with Crippen molar-refractivity contribution in [1.82, 2.24) is 14.8 Å². The molecule has 0 bridgehead atoms. The van der Waals surface area contributed by atoms with Crippen LogP contribution in [0.4, 0.5) is 12.9 Å². The molecule has 16 heavy (non-hydrogen) atoms. The summed E-state index contributed by atoms with van der Waals surface area (Å²) in [5.41, 5.74) is 0.865. The van der Waals surface area contributed by atoms with Crippen molar-refractivity contribution in [2.75, 3.05) is 0 Å². The van der Waals surface area contributed by atoms with Gasteiger partial charge in [0.2, 0.25) is 0 Å². The summed E-state index contributed by atoms with van der Waals surface area (Å²) in [6, 6.07) is 1.09. The molecule has 0 spiro atoms. The first-order valence-corrected chi connectivity index (χ1v) is 4.39. The average molecular weight is 253 g/mol. The largest absolute Gasteiger partial charge is 1.00 e. The van der Waals surface area contributed by atoms with Crippen molar-refractivity contribution in [2.24, 2.45) is 7.05 Å². The molecule has 0 aliphatic carbocycles. The number of pyridine rings is 1. The Morgan fingerprint density at radius 1 is 1.31 bits per heavy atom. The maximum Gasteiger partial charge on any atom is 1.00 e. The van der Waals surface area contributed by atoms with Crippen LogP contribution in [0.5, 0.6) is 0 Å². The summed E-state index contributed by atoms with van der Waals surface area (Å²) in [5.74, 6) is 0. The number of hydrogen-bond acceptors (Lipinski definition) is 2. The van der Waals surface area contributed by atoms with Gasteiger partial charge in [0.25, 0.3) is 0 Å². The van der Waals surface area contributed by atoms with Crippen LogP contribution in [0, 0.1) is 6.92 Å². The second-order valence-electron chi connectivity index (χ2n) is 3.42. The second kappa shape index (κ2) is 4.77. The normalized spacial score (nSPS) is 11.6. The van der Waals surface area contributed by atoms with Crippen molar-refractivity contribution < 1.29 is 64.3 Å². The van der Waals surface area contributed by atoms with Gasteiger partial charge in [0.15, 0.2) is 0 Å². The molecule has 0 fully saturated rings. The molecule has 0 saturated heterocycles. The SMILES string of the molecule is Cc1nn(C)c2cc([B-](F)(F)F)cnc12.[K+]. The quantitative estimate of drug-likeness (QED) is 0.569. The number of hydrogen-bond donors (Lipinski definition) is 0. The minimum Gasteiger partial charge on any atom is -0.445 e. The molecule has 2 aromatic heterocycles. The third-order valence-corrected chi connectivity index (χ3v) is 2.26. The molecule has 0 amide bonds. The second-order valence-corrected chi connectivity index (χ2v) is 3.42. The average Bonchev–Trinajstić information content (AvgIpc) is 2.41. The smallest absolute Gasteiger partial charge is 0.445 e. The molecule has 0 aromatic carbocycles. The van der Waals surface area contributed by atoms with Gasteiger partial charge in [-0.1, -0.05) is 11.5 Å². The van der Waals surface area contributed by atoms with Gasteiger partial charge in [-0.25, -0.2) is 0 Å². The molecular formula is C8H8BF3KN3. The molecule has 80 valence electrons. The van der Waals surface area contributed by atoms with E-state index in [2.05, 4.69) is 10.1 Å². The van der Waals surface area contributed by atoms with E-state index < -0.39 is 12.4 Å². The van der Waals surface area contributed by atoms with Crippen molar-refractivity contribution >= 4 is 23.5 Å². The van der Waals surface area contributed by atoms with Crippen molar-refractivity contribution in [3.63, 3.8) is 0 Å². The molecule has 0 atom stereocenters. The summed E-state index contributed by atoms with van der Waals surface area (Å²) in [5, 5.41) is 4.01. The van der Waals surface area contributed by atoms with Gasteiger partial charge in [-0.15, -0.1) is 0 Å². The fourth-order valence-electron chi connectivity index (χ4n) is 1.50. The maximum absolute atomic E-state index is 12.4. The molecule has 0 N–H and O–H groups in total. The van der Waals surface area contributed by atoms with Crippen LogP contribution in [0.1, 0.15) is 5.69 Å². The summed E-state index contributed by atoms with van der Waals surface area (Å²) in [6.45, 7) is -3.28. The van der Waals surface area contributed by atoms with E-state index >= 15 is 0 Å². The Hall–Kier alpha value is 0.111. The minimum atomic E-state index is -4.99. The van der Waals surface area contributed by atoms with Crippen molar-refractivity contribution in [1.29, 1.82) is 0 Å². The molecule has 0 aliphatic heterocycles. The predicted molar refractivity (Wildman–Crippen MR) is 52.0 cm³/mol. The van der Waals surface area contributed by atoms with Crippen LogP contribution in [-0.4, -0.2) is 21.7 Å². The maximum atomic E-state index is 12.4. The summed E-state index contributed by atoms with van der Waals surface area (Å²) >= 11 is 0. The van der Waals surface area contributed by atoms with Gasteiger partial charge in [-0.3, -0.25) is 9.67 Å². The summed E-state index contributed by atoms with van der Waals surface area (Å²) in [7, 11) is 1.60. The van der Waals surface area contributed by atoms with Gasteiger partial charge in [-0.2, -0.15) is 5.10 Å². The molecule has 2 rings (SSSR count). The van der Waals surface area contributed by atoms with E-state index in [4.69, 9.17) is 0 Å².